The molecule has 106 valence electrons. The van der Waals surface area contributed by atoms with E-state index in [1.165, 1.54) is 0 Å². The van der Waals surface area contributed by atoms with Gasteiger partial charge in [-0.25, -0.2) is 9.59 Å². The molecule has 0 aliphatic rings. The second-order valence-corrected chi connectivity index (χ2v) is 4.49. The van der Waals surface area contributed by atoms with E-state index in [1.54, 1.807) is 6.92 Å². The number of carbonyl (C=O) groups excluding carboxylic acids is 1. The number of carboxylic acid groups (broad SMARTS) is 1. The van der Waals surface area contributed by atoms with Gasteiger partial charge in [-0.05, 0) is 18.8 Å². The molecule has 3 N–H and O–H groups in total. The normalized spacial score (nSPS) is 12.2. The molecule has 0 aromatic heterocycles. The Labute approximate surface area is 108 Å². The smallest absolute Gasteiger partial charge is 0.326 e. The minimum absolute atomic E-state index is 0.355. The average molecular weight is 260 g/mol. The summed E-state index contributed by atoms with van der Waals surface area (Å²) < 4.78 is 5.31. The molecule has 6 nitrogen and oxygen atoms in total. The van der Waals surface area contributed by atoms with Crippen molar-refractivity contribution in [3.8, 4) is 0 Å². The first-order valence-electron chi connectivity index (χ1n) is 6.32. The van der Waals surface area contributed by atoms with Gasteiger partial charge in [0.1, 0.15) is 6.04 Å². The van der Waals surface area contributed by atoms with Crippen molar-refractivity contribution in [2.45, 2.75) is 39.7 Å². The highest BCUT2D eigenvalue weighted by atomic mass is 16.5. The lowest BCUT2D eigenvalue weighted by Gasteiger charge is -2.13. The van der Waals surface area contributed by atoms with Crippen LogP contribution in [0.4, 0.5) is 4.79 Å². The van der Waals surface area contributed by atoms with E-state index in [4.69, 9.17) is 9.84 Å². The van der Waals surface area contributed by atoms with E-state index in [-0.39, 0.29) is 0 Å². The topological polar surface area (TPSA) is 87.7 Å². The largest absolute Gasteiger partial charge is 0.480 e. The fourth-order valence-electron chi connectivity index (χ4n) is 1.21. The number of carbonyl (C=O) groups is 2. The summed E-state index contributed by atoms with van der Waals surface area (Å²) in [5.41, 5.74) is 0. The first-order valence-corrected chi connectivity index (χ1v) is 6.32. The molecule has 0 saturated carbocycles. The van der Waals surface area contributed by atoms with Crippen molar-refractivity contribution in [3.63, 3.8) is 0 Å². The lowest BCUT2D eigenvalue weighted by atomic mass is 10.1. The highest BCUT2D eigenvalue weighted by Gasteiger charge is 2.16. The Kier molecular flexibility index (Phi) is 9.00. The van der Waals surface area contributed by atoms with Crippen molar-refractivity contribution >= 4 is 12.0 Å². The van der Waals surface area contributed by atoms with E-state index >= 15 is 0 Å². The van der Waals surface area contributed by atoms with Gasteiger partial charge in [-0.2, -0.15) is 0 Å². The number of ether oxygens (including phenoxy) is 1. The van der Waals surface area contributed by atoms with Crippen LogP contribution in [-0.4, -0.2) is 42.9 Å². The van der Waals surface area contributed by atoms with Crippen LogP contribution in [0.3, 0.4) is 0 Å². The summed E-state index contributed by atoms with van der Waals surface area (Å²) in [6, 6.07) is -1.32. The van der Waals surface area contributed by atoms with E-state index in [0.717, 1.165) is 6.42 Å². The molecule has 0 aliphatic heterocycles. The maximum Gasteiger partial charge on any atom is 0.326 e. The minimum atomic E-state index is -1.03. The number of aliphatic carboxylic acids is 1. The van der Waals surface area contributed by atoms with Crippen molar-refractivity contribution in [2.75, 3.05) is 19.8 Å². The fourth-order valence-corrected chi connectivity index (χ4v) is 1.21. The molecule has 0 saturated heterocycles. The monoisotopic (exact) mass is 260 g/mol. The lowest BCUT2D eigenvalue weighted by Crippen LogP contribution is -2.46. The van der Waals surface area contributed by atoms with E-state index in [0.29, 0.717) is 32.1 Å². The highest BCUT2D eigenvalue weighted by Crippen LogP contribution is 1.98. The fraction of sp³-hybridized carbons (Fsp3) is 0.833. The Hall–Kier alpha value is -1.30. The Morgan fingerprint density at radius 2 is 1.94 bits per heavy atom. The van der Waals surface area contributed by atoms with Crippen molar-refractivity contribution in [2.24, 2.45) is 5.92 Å². The van der Waals surface area contributed by atoms with Gasteiger partial charge in [-0.15, -0.1) is 0 Å². The summed E-state index contributed by atoms with van der Waals surface area (Å²) in [6.45, 7) is 7.42. The number of nitrogens with one attached hydrogen (secondary N) is 2. The van der Waals surface area contributed by atoms with Gasteiger partial charge >= 0.3 is 12.0 Å². The summed E-state index contributed by atoms with van der Waals surface area (Å²) in [5.74, 6) is -0.428. The molecule has 0 radical (unpaired) electrons. The van der Waals surface area contributed by atoms with Crippen LogP contribution in [0.15, 0.2) is 0 Å². The first-order chi connectivity index (χ1) is 8.47. The van der Waals surface area contributed by atoms with E-state index < -0.39 is 18.0 Å². The average Bonchev–Trinajstić information content (AvgIpc) is 2.29. The van der Waals surface area contributed by atoms with E-state index in [2.05, 4.69) is 24.5 Å². The number of hydrogen-bond donors (Lipinski definition) is 3. The second-order valence-electron chi connectivity index (χ2n) is 4.49. The Bertz CT molecular complexity index is 256. The van der Waals surface area contributed by atoms with Crippen molar-refractivity contribution in [1.29, 1.82) is 0 Å². The van der Waals surface area contributed by atoms with Crippen LogP contribution in [-0.2, 0) is 9.53 Å². The van der Waals surface area contributed by atoms with Crippen molar-refractivity contribution in [3.05, 3.63) is 0 Å². The van der Waals surface area contributed by atoms with Crippen LogP contribution in [0.2, 0.25) is 0 Å². The number of carboxylic acids is 1. The van der Waals surface area contributed by atoms with Gasteiger partial charge in [0.15, 0.2) is 0 Å². The summed E-state index contributed by atoms with van der Waals surface area (Å²) >= 11 is 0. The molecule has 1 atom stereocenters. The molecule has 0 spiro atoms. The maximum atomic E-state index is 11.3. The minimum Gasteiger partial charge on any atom is -0.480 e. The Morgan fingerprint density at radius 1 is 1.28 bits per heavy atom. The van der Waals surface area contributed by atoms with Crippen LogP contribution < -0.4 is 10.6 Å². The third-order valence-electron chi connectivity index (χ3n) is 2.38. The standard InChI is InChI=1S/C12H24N2O4/c1-4-10(11(15)16)14-12(17)13-6-8-18-7-5-9(2)3/h9-10H,4-8H2,1-3H3,(H,15,16)(H2,13,14,17)/t10-/m1/s1. The zero-order valence-electron chi connectivity index (χ0n) is 11.4. The van der Waals surface area contributed by atoms with Crippen LogP contribution in [0.25, 0.3) is 0 Å². The summed E-state index contributed by atoms with van der Waals surface area (Å²) in [6.07, 6.45) is 1.34. The van der Waals surface area contributed by atoms with Crippen LogP contribution in [0, 0.1) is 5.92 Å². The Balaban J connectivity index is 3.56. The van der Waals surface area contributed by atoms with Gasteiger partial charge in [0.25, 0.3) is 0 Å². The summed E-state index contributed by atoms with van der Waals surface area (Å²) in [5, 5.41) is 13.7. The van der Waals surface area contributed by atoms with Gasteiger partial charge < -0.3 is 20.5 Å². The second kappa shape index (κ2) is 9.70. The molecular formula is C12H24N2O4. The number of urea groups is 1. The van der Waals surface area contributed by atoms with Crippen molar-refractivity contribution in [1.82, 2.24) is 10.6 Å². The molecule has 0 aromatic rings. The quantitative estimate of drug-likeness (QED) is 0.544. The van der Waals surface area contributed by atoms with E-state index in [1.807, 2.05) is 0 Å². The third-order valence-corrected chi connectivity index (χ3v) is 2.38. The van der Waals surface area contributed by atoms with E-state index in [9.17, 15) is 9.59 Å². The molecule has 0 fully saturated rings. The van der Waals surface area contributed by atoms with Gasteiger partial charge in [0.05, 0.1) is 6.61 Å². The predicted molar refractivity (Wildman–Crippen MR) is 68.5 cm³/mol. The molecule has 18 heavy (non-hydrogen) atoms. The Morgan fingerprint density at radius 3 is 2.44 bits per heavy atom. The zero-order chi connectivity index (χ0) is 14.0. The SMILES string of the molecule is CC[C@@H](NC(=O)NCCOCCC(C)C)C(=O)O. The first kappa shape index (κ1) is 16.7. The number of amides is 2. The number of hydrogen-bond acceptors (Lipinski definition) is 3. The summed E-state index contributed by atoms with van der Waals surface area (Å²) in [4.78, 5) is 22.0. The molecule has 6 heteroatoms. The molecular weight excluding hydrogens is 236 g/mol. The van der Waals surface area contributed by atoms with Crippen molar-refractivity contribution < 1.29 is 19.4 Å². The molecule has 0 aromatic carbocycles. The molecule has 0 aliphatic carbocycles. The highest BCUT2D eigenvalue weighted by molar-refractivity contribution is 5.82. The summed E-state index contributed by atoms with van der Waals surface area (Å²) in [7, 11) is 0. The van der Waals surface area contributed by atoms with Gasteiger partial charge in [-0.3, -0.25) is 0 Å². The van der Waals surface area contributed by atoms with Gasteiger partial charge in [-0.1, -0.05) is 20.8 Å². The molecule has 2 amide bonds. The van der Waals surface area contributed by atoms with Crippen LogP contribution in [0.5, 0.6) is 0 Å². The van der Waals surface area contributed by atoms with Crippen LogP contribution >= 0.6 is 0 Å². The van der Waals surface area contributed by atoms with Gasteiger partial charge in [0, 0.05) is 13.2 Å². The molecule has 0 rings (SSSR count). The molecule has 0 bridgehead atoms. The zero-order valence-corrected chi connectivity index (χ0v) is 11.4. The van der Waals surface area contributed by atoms with Gasteiger partial charge in [0.2, 0.25) is 0 Å². The third kappa shape index (κ3) is 8.81. The predicted octanol–water partition coefficient (Wildman–Crippen LogP) is 1.21. The lowest BCUT2D eigenvalue weighted by molar-refractivity contribution is -0.139. The maximum absolute atomic E-state index is 11.3. The number of rotatable bonds is 9. The molecule has 0 heterocycles. The molecule has 0 unspecified atom stereocenters. The van der Waals surface area contributed by atoms with Crippen LogP contribution in [0.1, 0.15) is 33.6 Å².